The van der Waals surface area contributed by atoms with Crippen LogP contribution in [0.5, 0.6) is 17.2 Å². The molecule has 2 unspecified atom stereocenters. The molecule has 3 rings (SSSR count). The number of hydrogen-bond acceptors (Lipinski definition) is 5. The van der Waals surface area contributed by atoms with Crippen LogP contribution in [0.1, 0.15) is 29.0 Å². The summed E-state index contributed by atoms with van der Waals surface area (Å²) in [6.07, 6.45) is -0.0452. The Kier molecular flexibility index (Phi) is 4.15. The van der Waals surface area contributed by atoms with Crippen molar-refractivity contribution in [2.75, 3.05) is 21.3 Å². The topological polar surface area (TPSA) is 62.2 Å². The maximum atomic E-state index is 10.6. The van der Waals surface area contributed by atoms with E-state index in [0.29, 0.717) is 23.5 Å². The van der Waals surface area contributed by atoms with E-state index in [1.807, 2.05) is 36.2 Å². The molecule has 5 heteroatoms. The number of aliphatic hydroxyl groups is 1. The molecule has 2 N–H and O–H groups in total. The second-order valence-corrected chi connectivity index (χ2v) is 5.72. The van der Waals surface area contributed by atoms with Crippen LogP contribution < -0.4 is 9.47 Å². The molecule has 0 saturated heterocycles. The molecule has 1 aliphatic heterocycles. The maximum absolute atomic E-state index is 10.6. The highest BCUT2D eigenvalue weighted by molar-refractivity contribution is 5.53. The minimum Gasteiger partial charge on any atom is -0.507 e. The van der Waals surface area contributed by atoms with Gasteiger partial charge in [0.15, 0.2) is 0 Å². The van der Waals surface area contributed by atoms with Crippen LogP contribution in [0.25, 0.3) is 0 Å². The zero-order chi connectivity index (χ0) is 16.6. The van der Waals surface area contributed by atoms with E-state index in [1.165, 1.54) is 0 Å². The van der Waals surface area contributed by atoms with Gasteiger partial charge >= 0.3 is 0 Å². The van der Waals surface area contributed by atoms with E-state index in [1.54, 1.807) is 26.4 Å². The SMILES string of the molecule is COc1cc(O)c(C2Cc3ccccc3C(O)N2C)c(OC)c1. The van der Waals surface area contributed by atoms with Crippen molar-refractivity contribution in [2.45, 2.75) is 18.7 Å². The smallest absolute Gasteiger partial charge is 0.134 e. The second-order valence-electron chi connectivity index (χ2n) is 5.72. The highest BCUT2D eigenvalue weighted by Gasteiger charge is 2.34. The fourth-order valence-corrected chi connectivity index (χ4v) is 3.23. The normalized spacial score (nSPS) is 20.9. The molecule has 0 bridgehead atoms. The molecule has 2 aromatic carbocycles. The van der Waals surface area contributed by atoms with E-state index < -0.39 is 6.23 Å². The summed E-state index contributed by atoms with van der Waals surface area (Å²) in [7, 11) is 4.94. The lowest BCUT2D eigenvalue weighted by molar-refractivity contribution is -0.0206. The van der Waals surface area contributed by atoms with Crippen LogP contribution in [0.2, 0.25) is 0 Å². The van der Waals surface area contributed by atoms with Crippen molar-refractivity contribution in [3.8, 4) is 17.2 Å². The van der Waals surface area contributed by atoms with E-state index in [9.17, 15) is 10.2 Å². The Morgan fingerprint density at radius 1 is 1.13 bits per heavy atom. The summed E-state index contributed by atoms with van der Waals surface area (Å²) in [5.41, 5.74) is 2.63. The molecular formula is C18H21NO4. The van der Waals surface area contributed by atoms with Gasteiger partial charge < -0.3 is 19.7 Å². The third-order valence-corrected chi connectivity index (χ3v) is 4.51. The molecule has 1 aliphatic rings. The Morgan fingerprint density at radius 2 is 1.87 bits per heavy atom. The van der Waals surface area contributed by atoms with Crippen molar-refractivity contribution < 1.29 is 19.7 Å². The van der Waals surface area contributed by atoms with Crippen LogP contribution in [0, 0.1) is 0 Å². The summed E-state index contributed by atoms with van der Waals surface area (Å²) in [5.74, 6) is 1.18. The first-order chi connectivity index (χ1) is 11.1. The van der Waals surface area contributed by atoms with E-state index in [-0.39, 0.29) is 11.8 Å². The van der Waals surface area contributed by atoms with Gasteiger partial charge in [-0.25, -0.2) is 0 Å². The molecular weight excluding hydrogens is 294 g/mol. The molecule has 0 aliphatic carbocycles. The monoisotopic (exact) mass is 315 g/mol. The van der Waals surface area contributed by atoms with E-state index in [2.05, 4.69) is 0 Å². The lowest BCUT2D eigenvalue weighted by Gasteiger charge is -2.39. The van der Waals surface area contributed by atoms with Gasteiger partial charge in [-0.2, -0.15) is 0 Å². The van der Waals surface area contributed by atoms with Crippen molar-refractivity contribution >= 4 is 0 Å². The van der Waals surface area contributed by atoms with Gasteiger partial charge in [-0.05, 0) is 24.6 Å². The summed E-state index contributed by atoms with van der Waals surface area (Å²) < 4.78 is 10.6. The predicted octanol–water partition coefficient (Wildman–Crippen LogP) is 2.63. The summed E-state index contributed by atoms with van der Waals surface area (Å²) in [4.78, 5) is 1.84. The van der Waals surface area contributed by atoms with Crippen LogP contribution in [0.4, 0.5) is 0 Å². The van der Waals surface area contributed by atoms with Gasteiger partial charge in [-0.1, -0.05) is 24.3 Å². The van der Waals surface area contributed by atoms with Gasteiger partial charge in [0.05, 0.1) is 19.8 Å². The molecule has 0 spiro atoms. The minimum atomic E-state index is -0.726. The van der Waals surface area contributed by atoms with Crippen molar-refractivity contribution in [1.82, 2.24) is 4.90 Å². The predicted molar refractivity (Wildman–Crippen MR) is 86.8 cm³/mol. The van der Waals surface area contributed by atoms with Gasteiger partial charge in [-0.3, -0.25) is 4.90 Å². The van der Waals surface area contributed by atoms with Crippen LogP contribution in [0.3, 0.4) is 0 Å². The van der Waals surface area contributed by atoms with Gasteiger partial charge in [-0.15, -0.1) is 0 Å². The largest absolute Gasteiger partial charge is 0.507 e. The zero-order valence-electron chi connectivity index (χ0n) is 13.5. The lowest BCUT2D eigenvalue weighted by Crippen LogP contribution is -2.35. The number of nitrogens with zero attached hydrogens (tertiary/aromatic N) is 1. The Hall–Kier alpha value is -2.24. The van der Waals surface area contributed by atoms with Crippen LogP contribution in [-0.2, 0) is 6.42 Å². The van der Waals surface area contributed by atoms with Gasteiger partial charge in [0.2, 0.25) is 0 Å². The highest BCUT2D eigenvalue weighted by atomic mass is 16.5. The van der Waals surface area contributed by atoms with Crippen molar-refractivity contribution in [2.24, 2.45) is 0 Å². The van der Waals surface area contributed by atoms with Gasteiger partial charge in [0, 0.05) is 18.2 Å². The molecule has 1 heterocycles. The van der Waals surface area contributed by atoms with Crippen LogP contribution >= 0.6 is 0 Å². The number of phenols is 1. The molecule has 122 valence electrons. The number of benzene rings is 2. The third-order valence-electron chi connectivity index (χ3n) is 4.51. The van der Waals surface area contributed by atoms with Crippen molar-refractivity contribution in [3.63, 3.8) is 0 Å². The van der Waals surface area contributed by atoms with Crippen molar-refractivity contribution in [1.29, 1.82) is 0 Å². The Labute approximate surface area is 135 Å². The summed E-state index contributed by atoms with van der Waals surface area (Å²) in [6.45, 7) is 0. The number of likely N-dealkylation sites (N-methyl/N-ethyl adjacent to an activating group) is 1. The van der Waals surface area contributed by atoms with Crippen LogP contribution in [0.15, 0.2) is 36.4 Å². The molecule has 2 aromatic rings. The maximum Gasteiger partial charge on any atom is 0.134 e. The summed E-state index contributed by atoms with van der Waals surface area (Å²) in [5, 5.41) is 21.1. The number of aliphatic hydroxyl groups excluding tert-OH is 1. The number of rotatable bonds is 3. The first kappa shape index (κ1) is 15.6. The summed E-state index contributed by atoms with van der Waals surface area (Å²) >= 11 is 0. The molecule has 0 aromatic heterocycles. The lowest BCUT2D eigenvalue weighted by atomic mass is 9.88. The first-order valence-electron chi connectivity index (χ1n) is 7.49. The quantitative estimate of drug-likeness (QED) is 0.912. The Balaban J connectivity index is 2.09. The number of methoxy groups -OCH3 is 2. The van der Waals surface area contributed by atoms with E-state index in [4.69, 9.17) is 9.47 Å². The Morgan fingerprint density at radius 3 is 2.57 bits per heavy atom. The third kappa shape index (κ3) is 2.62. The molecule has 5 nitrogen and oxygen atoms in total. The average molecular weight is 315 g/mol. The number of hydrogen-bond donors (Lipinski definition) is 2. The first-order valence-corrected chi connectivity index (χ1v) is 7.49. The molecule has 23 heavy (non-hydrogen) atoms. The van der Waals surface area contributed by atoms with Gasteiger partial charge in [0.1, 0.15) is 23.5 Å². The molecule has 0 amide bonds. The standard InChI is InChI=1S/C18H21NO4/c1-19-14(8-11-6-4-5-7-13(11)18(19)21)17-15(20)9-12(22-2)10-16(17)23-3/h4-7,9-10,14,18,20-21H,8H2,1-3H3. The van der Waals surface area contributed by atoms with E-state index >= 15 is 0 Å². The Bertz CT molecular complexity index is 716. The fourth-order valence-electron chi connectivity index (χ4n) is 3.23. The number of phenolic OH excluding ortho intramolecular Hbond substituents is 1. The molecule has 2 atom stereocenters. The second kappa shape index (κ2) is 6.10. The highest BCUT2D eigenvalue weighted by Crippen LogP contribution is 2.45. The minimum absolute atomic E-state index is 0.102. The number of fused-ring (bicyclic) bond motifs is 1. The average Bonchev–Trinajstić information content (AvgIpc) is 2.57. The number of ether oxygens (including phenoxy) is 2. The molecule has 0 fully saturated rings. The van der Waals surface area contributed by atoms with Crippen LogP contribution in [-0.4, -0.2) is 36.4 Å². The fraction of sp³-hybridized carbons (Fsp3) is 0.333. The summed E-state index contributed by atoms with van der Waals surface area (Å²) in [6, 6.07) is 10.9. The molecule has 0 saturated carbocycles. The van der Waals surface area contributed by atoms with E-state index in [0.717, 1.165) is 11.1 Å². The van der Waals surface area contributed by atoms with Gasteiger partial charge in [0.25, 0.3) is 0 Å². The van der Waals surface area contributed by atoms with Crippen molar-refractivity contribution in [3.05, 3.63) is 53.1 Å². The zero-order valence-corrected chi connectivity index (χ0v) is 13.5. The number of aromatic hydroxyl groups is 1. The molecule has 0 radical (unpaired) electrons.